The van der Waals surface area contributed by atoms with Gasteiger partial charge in [-0.1, -0.05) is 0 Å². The number of carboxylic acid groups (broad SMARTS) is 1. The molecule has 0 aliphatic rings. The van der Waals surface area contributed by atoms with Gasteiger partial charge < -0.3 is 20.0 Å². The lowest BCUT2D eigenvalue weighted by atomic mass is 10.2. The van der Waals surface area contributed by atoms with Crippen LogP contribution in [0.3, 0.4) is 0 Å². The van der Waals surface area contributed by atoms with E-state index in [4.69, 9.17) is 20.0 Å². The Labute approximate surface area is 115 Å². The van der Waals surface area contributed by atoms with Crippen LogP contribution >= 0.6 is 0 Å². The number of aromatic nitrogens is 2. The Bertz CT molecular complexity index is 592. The first-order valence-corrected chi connectivity index (χ1v) is 6.06. The minimum absolute atomic E-state index is 0.0874. The van der Waals surface area contributed by atoms with E-state index in [1.165, 1.54) is 0 Å². The zero-order chi connectivity index (χ0) is 14.7. The van der Waals surface area contributed by atoms with Gasteiger partial charge in [-0.2, -0.15) is 0 Å². The van der Waals surface area contributed by atoms with Crippen LogP contribution in [0.25, 0.3) is 11.5 Å². The second kappa shape index (κ2) is 5.70. The fourth-order valence-electron chi connectivity index (χ4n) is 1.53. The van der Waals surface area contributed by atoms with Crippen molar-refractivity contribution in [2.75, 3.05) is 0 Å². The molecule has 0 spiro atoms. The number of rotatable bonds is 5. The van der Waals surface area contributed by atoms with Crippen molar-refractivity contribution in [3.63, 3.8) is 0 Å². The Morgan fingerprint density at radius 2 is 1.95 bits per heavy atom. The summed E-state index contributed by atoms with van der Waals surface area (Å²) < 4.78 is 10.8. The topological polar surface area (TPSA) is 111 Å². The minimum Gasteiger partial charge on any atom is -0.491 e. The number of nitrogens with zero attached hydrogens (tertiary/aromatic N) is 2. The fraction of sp³-hybridized carbons (Fsp3) is 0.308. The first-order valence-electron chi connectivity index (χ1n) is 6.06. The molecule has 2 aromatic rings. The Hall–Kier alpha value is -2.41. The molecule has 106 valence electrons. The summed E-state index contributed by atoms with van der Waals surface area (Å²) in [5, 5.41) is 16.2. The van der Waals surface area contributed by atoms with Crippen LogP contribution in [0.1, 0.15) is 25.8 Å². The highest BCUT2D eigenvalue weighted by atomic mass is 16.5. The van der Waals surface area contributed by atoms with Gasteiger partial charge in [-0.15, -0.1) is 10.2 Å². The second-order valence-electron chi connectivity index (χ2n) is 4.45. The number of ether oxygens (including phenoxy) is 1. The van der Waals surface area contributed by atoms with E-state index in [1.54, 1.807) is 24.3 Å². The standard InChI is InChI=1S/C13H15N3O4/c1-7(2)19-9-5-3-8(4-6-9)11-15-16-12(20-11)10(14)13(17)18/h3-7,10H,14H2,1-2H3,(H,17,18). The minimum atomic E-state index is -1.32. The number of hydrogen-bond donors (Lipinski definition) is 2. The smallest absolute Gasteiger partial charge is 0.330 e. The van der Waals surface area contributed by atoms with Crippen LogP contribution in [0.2, 0.25) is 0 Å². The maximum absolute atomic E-state index is 10.7. The normalized spacial score (nSPS) is 12.4. The highest BCUT2D eigenvalue weighted by molar-refractivity contribution is 5.73. The third-order valence-electron chi connectivity index (χ3n) is 2.45. The van der Waals surface area contributed by atoms with E-state index in [0.29, 0.717) is 5.56 Å². The zero-order valence-corrected chi connectivity index (χ0v) is 11.1. The summed E-state index contributed by atoms with van der Waals surface area (Å²) >= 11 is 0. The van der Waals surface area contributed by atoms with Crippen LogP contribution in [0.4, 0.5) is 0 Å². The molecule has 1 aromatic carbocycles. The van der Waals surface area contributed by atoms with E-state index in [2.05, 4.69) is 10.2 Å². The predicted molar refractivity (Wildman–Crippen MR) is 70.1 cm³/mol. The molecular weight excluding hydrogens is 262 g/mol. The number of hydrogen-bond acceptors (Lipinski definition) is 6. The number of nitrogens with two attached hydrogens (primary N) is 1. The molecule has 0 saturated heterocycles. The molecule has 7 heteroatoms. The van der Waals surface area contributed by atoms with Crippen LogP contribution in [0.5, 0.6) is 5.75 Å². The van der Waals surface area contributed by atoms with Crippen LogP contribution in [-0.2, 0) is 4.79 Å². The third-order valence-corrected chi connectivity index (χ3v) is 2.45. The molecule has 0 saturated carbocycles. The SMILES string of the molecule is CC(C)Oc1ccc(-c2nnc(C(N)C(=O)O)o2)cc1. The molecule has 0 aliphatic carbocycles. The van der Waals surface area contributed by atoms with Gasteiger partial charge in [0.15, 0.2) is 6.04 Å². The van der Waals surface area contributed by atoms with Crippen LogP contribution in [0, 0.1) is 0 Å². The van der Waals surface area contributed by atoms with E-state index in [0.717, 1.165) is 5.75 Å². The Morgan fingerprint density at radius 3 is 2.50 bits per heavy atom. The molecule has 20 heavy (non-hydrogen) atoms. The van der Waals surface area contributed by atoms with Crippen molar-refractivity contribution in [1.82, 2.24) is 10.2 Å². The molecule has 1 unspecified atom stereocenters. The first-order chi connectivity index (χ1) is 9.47. The summed E-state index contributed by atoms with van der Waals surface area (Å²) in [4.78, 5) is 10.7. The van der Waals surface area contributed by atoms with E-state index in [1.807, 2.05) is 13.8 Å². The maximum atomic E-state index is 10.7. The Morgan fingerprint density at radius 1 is 1.30 bits per heavy atom. The van der Waals surface area contributed by atoms with Crippen LogP contribution < -0.4 is 10.5 Å². The van der Waals surface area contributed by atoms with Gasteiger partial charge in [0.1, 0.15) is 5.75 Å². The predicted octanol–water partition coefficient (Wildman–Crippen LogP) is 1.61. The number of carboxylic acids is 1. The van der Waals surface area contributed by atoms with Crippen molar-refractivity contribution in [3.8, 4) is 17.2 Å². The summed E-state index contributed by atoms with van der Waals surface area (Å²) in [6.07, 6.45) is 0.0874. The van der Waals surface area contributed by atoms with Gasteiger partial charge in [0.25, 0.3) is 0 Å². The van der Waals surface area contributed by atoms with Crippen molar-refractivity contribution in [2.45, 2.75) is 26.0 Å². The molecule has 0 radical (unpaired) electrons. The van der Waals surface area contributed by atoms with Gasteiger partial charge in [-0.25, -0.2) is 4.79 Å². The molecule has 0 amide bonds. The van der Waals surface area contributed by atoms with Crippen molar-refractivity contribution < 1.29 is 19.1 Å². The lowest BCUT2D eigenvalue weighted by Gasteiger charge is -2.09. The van der Waals surface area contributed by atoms with Gasteiger partial charge >= 0.3 is 5.97 Å². The molecule has 0 aliphatic heterocycles. The largest absolute Gasteiger partial charge is 0.491 e. The van der Waals surface area contributed by atoms with Crippen LogP contribution in [0.15, 0.2) is 28.7 Å². The fourth-order valence-corrected chi connectivity index (χ4v) is 1.53. The van der Waals surface area contributed by atoms with E-state index < -0.39 is 12.0 Å². The van der Waals surface area contributed by atoms with Gasteiger partial charge in [0.05, 0.1) is 6.10 Å². The van der Waals surface area contributed by atoms with Crippen molar-refractivity contribution in [1.29, 1.82) is 0 Å². The van der Waals surface area contributed by atoms with E-state index in [9.17, 15) is 4.79 Å². The Kier molecular flexibility index (Phi) is 3.99. The lowest BCUT2D eigenvalue weighted by Crippen LogP contribution is -2.20. The summed E-state index contributed by atoms with van der Waals surface area (Å²) in [7, 11) is 0. The molecule has 0 fully saturated rings. The summed E-state index contributed by atoms with van der Waals surface area (Å²) in [6.45, 7) is 3.87. The van der Waals surface area contributed by atoms with Gasteiger partial charge in [-0.05, 0) is 38.1 Å². The molecule has 7 nitrogen and oxygen atoms in total. The highest BCUT2D eigenvalue weighted by Crippen LogP contribution is 2.23. The average molecular weight is 277 g/mol. The number of benzene rings is 1. The molecule has 3 N–H and O–H groups in total. The Balaban J connectivity index is 2.18. The van der Waals surface area contributed by atoms with Crippen LogP contribution in [-0.4, -0.2) is 27.4 Å². The molecule has 1 atom stereocenters. The molecule has 2 rings (SSSR count). The second-order valence-corrected chi connectivity index (χ2v) is 4.45. The lowest BCUT2D eigenvalue weighted by molar-refractivity contribution is -0.139. The molecular formula is C13H15N3O4. The van der Waals surface area contributed by atoms with Crippen molar-refractivity contribution in [2.24, 2.45) is 5.73 Å². The summed E-state index contributed by atoms with van der Waals surface area (Å²) in [6, 6.07) is 5.73. The van der Waals surface area contributed by atoms with E-state index in [-0.39, 0.29) is 17.9 Å². The molecule has 1 aromatic heterocycles. The maximum Gasteiger partial charge on any atom is 0.330 e. The van der Waals surface area contributed by atoms with Gasteiger partial charge in [-0.3, -0.25) is 0 Å². The zero-order valence-electron chi connectivity index (χ0n) is 11.1. The number of carbonyl (C=O) groups is 1. The van der Waals surface area contributed by atoms with Crippen molar-refractivity contribution >= 4 is 5.97 Å². The highest BCUT2D eigenvalue weighted by Gasteiger charge is 2.21. The average Bonchev–Trinajstić information content (AvgIpc) is 2.87. The van der Waals surface area contributed by atoms with Crippen molar-refractivity contribution in [3.05, 3.63) is 30.2 Å². The molecule has 1 heterocycles. The third kappa shape index (κ3) is 3.12. The van der Waals surface area contributed by atoms with Gasteiger partial charge in [0.2, 0.25) is 11.8 Å². The number of aliphatic carboxylic acids is 1. The van der Waals surface area contributed by atoms with Gasteiger partial charge in [0, 0.05) is 5.56 Å². The summed E-state index contributed by atoms with van der Waals surface area (Å²) in [5.74, 6) is -0.408. The first kappa shape index (κ1) is 14.0. The quantitative estimate of drug-likeness (QED) is 0.853. The monoisotopic (exact) mass is 277 g/mol. The molecule has 0 bridgehead atoms. The summed E-state index contributed by atoms with van der Waals surface area (Å²) in [5.41, 5.74) is 6.06. The van der Waals surface area contributed by atoms with E-state index >= 15 is 0 Å².